The minimum absolute atomic E-state index is 0.0384. The zero-order valence-electron chi connectivity index (χ0n) is 14.0. The maximum atomic E-state index is 12.0. The number of hydrogen-bond acceptors (Lipinski definition) is 4. The number of alkyl carbamates (subject to hydrolysis) is 1. The number of thiazole rings is 1. The fourth-order valence-electron chi connectivity index (χ4n) is 2.94. The van der Waals surface area contributed by atoms with Gasteiger partial charge in [-0.05, 0) is 63.3 Å². The molecule has 1 aliphatic rings. The van der Waals surface area contributed by atoms with Gasteiger partial charge < -0.3 is 10.1 Å². The van der Waals surface area contributed by atoms with Gasteiger partial charge >= 0.3 is 6.09 Å². The summed E-state index contributed by atoms with van der Waals surface area (Å²) in [5.74, 6) is 0. The average molecular weight is 330 g/mol. The number of aryl methyl sites for hydroxylation is 2. The van der Waals surface area contributed by atoms with Crippen molar-refractivity contribution in [1.82, 2.24) is 10.3 Å². The molecule has 0 aliphatic heterocycles. The molecule has 0 bridgehead atoms. The standard InChI is InChI=1S/C18H22N2O2S/c1-11-16(23-10-19-11)13-5-7-14-12(9-13)6-8-15(14)20-17(21)22-18(2,3)4/h5,7,9-10,15H,6,8H2,1-4H3,(H,20,21)/t15-/m0/s1. The quantitative estimate of drug-likeness (QED) is 0.873. The third-order valence-electron chi connectivity index (χ3n) is 3.92. The van der Waals surface area contributed by atoms with E-state index in [2.05, 4.69) is 28.5 Å². The number of ether oxygens (including phenoxy) is 1. The number of benzene rings is 1. The Morgan fingerprint density at radius 3 is 2.83 bits per heavy atom. The number of hydrogen-bond donors (Lipinski definition) is 1. The maximum Gasteiger partial charge on any atom is 0.408 e. The van der Waals surface area contributed by atoms with E-state index in [1.807, 2.05) is 33.2 Å². The summed E-state index contributed by atoms with van der Waals surface area (Å²) in [6, 6.07) is 6.51. The molecule has 1 amide bonds. The van der Waals surface area contributed by atoms with Gasteiger partial charge in [-0.3, -0.25) is 0 Å². The molecule has 1 atom stereocenters. The lowest BCUT2D eigenvalue weighted by Crippen LogP contribution is -2.34. The van der Waals surface area contributed by atoms with Gasteiger partial charge in [0.1, 0.15) is 5.60 Å². The van der Waals surface area contributed by atoms with Crippen LogP contribution in [-0.4, -0.2) is 16.7 Å². The fraction of sp³-hybridized carbons (Fsp3) is 0.444. The Bertz CT molecular complexity index is 731. The lowest BCUT2D eigenvalue weighted by atomic mass is 10.0. The Labute approximate surface area is 140 Å². The summed E-state index contributed by atoms with van der Waals surface area (Å²) in [7, 11) is 0. The van der Waals surface area contributed by atoms with Crippen molar-refractivity contribution in [3.05, 3.63) is 40.5 Å². The van der Waals surface area contributed by atoms with Gasteiger partial charge in [0.15, 0.2) is 0 Å². The summed E-state index contributed by atoms with van der Waals surface area (Å²) in [4.78, 5) is 17.5. The molecular weight excluding hydrogens is 308 g/mol. The Kier molecular flexibility index (Phi) is 4.15. The van der Waals surface area contributed by atoms with Crippen molar-refractivity contribution < 1.29 is 9.53 Å². The molecule has 0 spiro atoms. The SMILES string of the molecule is Cc1ncsc1-c1ccc2c(c1)CC[C@@H]2NC(=O)OC(C)(C)C. The van der Waals surface area contributed by atoms with Gasteiger partial charge in [-0.15, -0.1) is 11.3 Å². The molecule has 1 heterocycles. The minimum Gasteiger partial charge on any atom is -0.444 e. The number of rotatable bonds is 2. The third-order valence-corrected chi connectivity index (χ3v) is 4.90. The highest BCUT2D eigenvalue weighted by molar-refractivity contribution is 7.13. The van der Waals surface area contributed by atoms with Crippen LogP contribution in [0.1, 0.15) is 50.1 Å². The summed E-state index contributed by atoms with van der Waals surface area (Å²) < 4.78 is 5.36. The minimum atomic E-state index is -0.473. The Hall–Kier alpha value is -1.88. The van der Waals surface area contributed by atoms with Crippen molar-refractivity contribution in [2.75, 3.05) is 0 Å². The smallest absolute Gasteiger partial charge is 0.408 e. The molecular formula is C18H22N2O2S. The van der Waals surface area contributed by atoms with Crippen LogP contribution in [0.3, 0.4) is 0 Å². The Morgan fingerprint density at radius 2 is 2.17 bits per heavy atom. The predicted octanol–water partition coefficient (Wildman–Crippen LogP) is 4.63. The number of carbonyl (C=O) groups excluding carboxylic acids is 1. The van der Waals surface area contributed by atoms with Crippen LogP contribution in [0.2, 0.25) is 0 Å². The second-order valence-electron chi connectivity index (χ2n) is 6.92. The Morgan fingerprint density at radius 1 is 1.39 bits per heavy atom. The van der Waals surface area contributed by atoms with Gasteiger partial charge in [-0.2, -0.15) is 0 Å². The molecule has 1 aliphatic carbocycles. The molecule has 4 nitrogen and oxygen atoms in total. The van der Waals surface area contributed by atoms with E-state index < -0.39 is 5.60 Å². The topological polar surface area (TPSA) is 51.2 Å². The fourth-order valence-corrected chi connectivity index (χ4v) is 3.74. The first-order valence-corrected chi connectivity index (χ1v) is 8.74. The molecule has 2 aromatic rings. The molecule has 1 aromatic heterocycles. The highest BCUT2D eigenvalue weighted by Gasteiger charge is 2.26. The molecule has 1 N–H and O–H groups in total. The van der Waals surface area contributed by atoms with Crippen LogP contribution in [-0.2, 0) is 11.2 Å². The van der Waals surface area contributed by atoms with Crippen LogP contribution < -0.4 is 5.32 Å². The van der Waals surface area contributed by atoms with Gasteiger partial charge in [0.2, 0.25) is 0 Å². The number of aromatic nitrogens is 1. The predicted molar refractivity (Wildman–Crippen MR) is 92.7 cm³/mol. The van der Waals surface area contributed by atoms with Crippen LogP contribution in [0.15, 0.2) is 23.7 Å². The van der Waals surface area contributed by atoms with E-state index in [0.717, 1.165) is 18.5 Å². The van der Waals surface area contributed by atoms with Crippen molar-refractivity contribution in [3.8, 4) is 10.4 Å². The summed E-state index contributed by atoms with van der Waals surface area (Å²) in [5.41, 5.74) is 6.18. The first-order chi connectivity index (χ1) is 10.8. The van der Waals surface area contributed by atoms with Crippen molar-refractivity contribution in [3.63, 3.8) is 0 Å². The molecule has 5 heteroatoms. The molecule has 122 valence electrons. The van der Waals surface area contributed by atoms with Gasteiger partial charge in [0.25, 0.3) is 0 Å². The Balaban J connectivity index is 1.77. The lowest BCUT2D eigenvalue weighted by molar-refractivity contribution is 0.0503. The molecule has 0 fully saturated rings. The summed E-state index contributed by atoms with van der Waals surface area (Å²) >= 11 is 1.67. The molecule has 1 aromatic carbocycles. The summed E-state index contributed by atoms with van der Waals surface area (Å²) in [6.45, 7) is 7.66. The normalized spacial score (nSPS) is 17.0. The van der Waals surface area contributed by atoms with Crippen LogP contribution >= 0.6 is 11.3 Å². The van der Waals surface area contributed by atoms with Crippen LogP contribution in [0.4, 0.5) is 4.79 Å². The second-order valence-corrected chi connectivity index (χ2v) is 7.77. The highest BCUT2D eigenvalue weighted by atomic mass is 32.1. The first-order valence-electron chi connectivity index (χ1n) is 7.86. The lowest BCUT2D eigenvalue weighted by Gasteiger charge is -2.22. The largest absolute Gasteiger partial charge is 0.444 e. The van der Waals surface area contributed by atoms with E-state index in [1.54, 1.807) is 11.3 Å². The number of nitrogens with one attached hydrogen (secondary N) is 1. The molecule has 0 saturated carbocycles. The van der Waals surface area contributed by atoms with Crippen LogP contribution in [0.5, 0.6) is 0 Å². The van der Waals surface area contributed by atoms with Gasteiger partial charge in [0.05, 0.1) is 22.1 Å². The molecule has 3 rings (SSSR count). The average Bonchev–Trinajstić information content (AvgIpc) is 3.03. The molecule has 0 unspecified atom stereocenters. The van der Waals surface area contributed by atoms with Crippen molar-refractivity contribution >= 4 is 17.4 Å². The highest BCUT2D eigenvalue weighted by Crippen LogP contribution is 2.36. The second kappa shape index (κ2) is 5.96. The van der Waals surface area contributed by atoms with Crippen molar-refractivity contribution in [1.29, 1.82) is 0 Å². The number of carbonyl (C=O) groups is 1. The third kappa shape index (κ3) is 3.55. The molecule has 0 saturated heterocycles. The van der Waals surface area contributed by atoms with Crippen molar-refractivity contribution in [2.24, 2.45) is 0 Å². The zero-order valence-corrected chi connectivity index (χ0v) is 14.8. The van der Waals surface area contributed by atoms with E-state index in [0.29, 0.717) is 0 Å². The van der Waals surface area contributed by atoms with Gasteiger partial charge in [0, 0.05) is 0 Å². The van der Waals surface area contributed by atoms with Gasteiger partial charge in [-0.1, -0.05) is 12.1 Å². The van der Waals surface area contributed by atoms with E-state index in [9.17, 15) is 4.79 Å². The maximum absolute atomic E-state index is 12.0. The molecule has 0 radical (unpaired) electrons. The monoisotopic (exact) mass is 330 g/mol. The van der Waals surface area contributed by atoms with E-state index in [-0.39, 0.29) is 12.1 Å². The zero-order chi connectivity index (χ0) is 16.6. The molecule has 23 heavy (non-hydrogen) atoms. The number of nitrogens with zero attached hydrogens (tertiary/aromatic N) is 1. The van der Waals surface area contributed by atoms with Crippen LogP contribution in [0, 0.1) is 6.92 Å². The van der Waals surface area contributed by atoms with Gasteiger partial charge in [-0.25, -0.2) is 9.78 Å². The van der Waals surface area contributed by atoms with E-state index in [1.165, 1.54) is 21.6 Å². The van der Waals surface area contributed by atoms with E-state index in [4.69, 9.17) is 4.74 Å². The number of amides is 1. The van der Waals surface area contributed by atoms with Crippen LogP contribution in [0.25, 0.3) is 10.4 Å². The van der Waals surface area contributed by atoms with Crippen molar-refractivity contribution in [2.45, 2.75) is 52.2 Å². The number of fused-ring (bicyclic) bond motifs is 1. The first kappa shape index (κ1) is 16.0. The summed E-state index contributed by atoms with van der Waals surface area (Å²) in [5, 5.41) is 2.99. The van der Waals surface area contributed by atoms with E-state index >= 15 is 0 Å². The summed E-state index contributed by atoms with van der Waals surface area (Å²) in [6.07, 6.45) is 1.54.